The third-order valence-electron chi connectivity index (χ3n) is 7.41. The summed E-state index contributed by atoms with van der Waals surface area (Å²) in [7, 11) is -4.71. The van der Waals surface area contributed by atoms with Crippen LogP contribution in [0.4, 0.5) is 8.78 Å². The largest absolute Gasteiger partial charge is 0.261 e. The van der Waals surface area contributed by atoms with E-state index in [-0.39, 0.29) is 21.7 Å². The standard InChI is InChI=1S/C17H13FN4O2S2.C17H13FN4OS2/c18-13-6-4-12(5-7-13)15-11-22-16(20-15)25-17(21-22)26(23,24)10-8-14-3-1-2-9-19-14;18-13-6-4-12(5-7-13)15-11-22-16(20-15)24-17(21-22)25(23)10-8-14-3-1-2-9-19-14/h1-7,9,11H,8,10H2;1-7,9,11H,8,10H2. The van der Waals surface area contributed by atoms with Crippen molar-refractivity contribution in [3.63, 3.8) is 0 Å². The van der Waals surface area contributed by atoms with Gasteiger partial charge in [0.1, 0.15) is 11.6 Å². The monoisotopic (exact) mass is 760 g/mol. The molecule has 0 N–H and O–H groups in total. The van der Waals surface area contributed by atoms with E-state index in [0.717, 1.165) is 33.9 Å². The Bertz CT molecular complexity index is 2470. The first-order chi connectivity index (χ1) is 24.7. The van der Waals surface area contributed by atoms with Gasteiger partial charge in [-0.2, -0.15) is 0 Å². The SMILES string of the molecule is O=S(=O)(CCc1ccccn1)c1nn2cc(-c3ccc(F)cc3)nc2s1.O=S(CCc1ccccn1)c1nn2cc(-c3ccc(F)cc3)nc2s1. The highest BCUT2D eigenvalue weighted by Gasteiger charge is 2.22. The van der Waals surface area contributed by atoms with Gasteiger partial charge < -0.3 is 0 Å². The minimum atomic E-state index is -3.52. The molecule has 0 amide bonds. The summed E-state index contributed by atoms with van der Waals surface area (Å²) in [6, 6.07) is 23.2. The normalized spacial score (nSPS) is 12.2. The van der Waals surface area contributed by atoms with Crippen LogP contribution in [-0.4, -0.2) is 63.3 Å². The van der Waals surface area contributed by atoms with Crippen molar-refractivity contribution in [1.82, 2.24) is 39.2 Å². The summed E-state index contributed by atoms with van der Waals surface area (Å²) in [6.45, 7) is 0. The van der Waals surface area contributed by atoms with Crippen molar-refractivity contribution in [2.24, 2.45) is 0 Å². The number of aryl methyl sites for hydroxylation is 2. The zero-order valence-electron chi connectivity index (χ0n) is 26.4. The predicted octanol–water partition coefficient (Wildman–Crippen LogP) is 6.35. The summed E-state index contributed by atoms with van der Waals surface area (Å²) in [5.41, 5.74) is 4.51. The number of hydrogen-bond acceptors (Lipinski definition) is 11. The number of sulfone groups is 1. The van der Waals surface area contributed by atoms with Crippen molar-refractivity contribution in [3.8, 4) is 22.5 Å². The first-order valence-electron chi connectivity index (χ1n) is 15.4. The highest BCUT2D eigenvalue weighted by atomic mass is 32.2. The number of fused-ring (bicyclic) bond motifs is 2. The number of halogens is 2. The van der Waals surface area contributed by atoms with Gasteiger partial charge >= 0.3 is 0 Å². The summed E-state index contributed by atoms with van der Waals surface area (Å²) in [5.74, 6) is -0.202. The molecule has 1 atom stereocenters. The highest BCUT2D eigenvalue weighted by Crippen LogP contribution is 2.26. The third kappa shape index (κ3) is 8.28. The van der Waals surface area contributed by atoms with Gasteiger partial charge in [0.05, 0.1) is 40.3 Å². The molecule has 6 aromatic heterocycles. The quantitative estimate of drug-likeness (QED) is 0.156. The molecule has 8 aromatic rings. The topological polar surface area (TPSA) is 137 Å². The molecule has 0 bridgehead atoms. The van der Waals surface area contributed by atoms with Crippen molar-refractivity contribution < 1.29 is 21.4 Å². The second-order valence-corrected chi connectivity index (χ2v) is 16.9. The van der Waals surface area contributed by atoms with E-state index in [1.807, 2.05) is 24.3 Å². The number of pyridine rings is 2. The maximum atomic E-state index is 13.0. The van der Waals surface area contributed by atoms with Gasteiger partial charge in [-0.3, -0.25) is 14.2 Å². The molecule has 0 fully saturated rings. The molecule has 11 nitrogen and oxygen atoms in total. The predicted molar refractivity (Wildman–Crippen MR) is 192 cm³/mol. The smallest absolute Gasteiger partial charge is 0.232 e. The Morgan fingerprint density at radius 3 is 1.71 bits per heavy atom. The van der Waals surface area contributed by atoms with Crippen LogP contribution in [0.1, 0.15) is 11.4 Å². The third-order valence-corrected chi connectivity index (χ3v) is 13.1. The van der Waals surface area contributed by atoms with Gasteiger partial charge in [0.25, 0.3) is 0 Å². The number of imidazole rings is 2. The Hall–Kier alpha value is -5.10. The Kier molecular flexibility index (Phi) is 10.1. The fourth-order valence-corrected chi connectivity index (χ4v) is 9.48. The zero-order chi connectivity index (χ0) is 35.4. The molecule has 0 saturated carbocycles. The number of aromatic nitrogens is 8. The number of rotatable bonds is 10. The Morgan fingerprint density at radius 1 is 0.667 bits per heavy atom. The van der Waals surface area contributed by atoms with Gasteiger partial charge in [0, 0.05) is 53.5 Å². The van der Waals surface area contributed by atoms with E-state index in [0.29, 0.717) is 44.2 Å². The van der Waals surface area contributed by atoms with E-state index in [4.69, 9.17) is 0 Å². The van der Waals surface area contributed by atoms with Crippen LogP contribution in [-0.2, 0) is 33.5 Å². The number of nitrogens with zero attached hydrogens (tertiary/aromatic N) is 8. The zero-order valence-corrected chi connectivity index (χ0v) is 29.7. The van der Waals surface area contributed by atoms with Crippen LogP contribution in [0.15, 0.2) is 118 Å². The maximum absolute atomic E-state index is 13.0. The summed E-state index contributed by atoms with van der Waals surface area (Å²) in [4.78, 5) is 18.4. The minimum Gasteiger partial charge on any atom is -0.261 e. The van der Waals surface area contributed by atoms with Crippen LogP contribution in [0, 0.1) is 11.6 Å². The van der Waals surface area contributed by atoms with Crippen molar-refractivity contribution in [2.75, 3.05) is 11.5 Å². The summed E-state index contributed by atoms with van der Waals surface area (Å²) in [5, 5.41) is 8.52. The van der Waals surface area contributed by atoms with E-state index in [1.54, 1.807) is 65.7 Å². The summed E-state index contributed by atoms with van der Waals surface area (Å²) in [6.07, 6.45) is 7.72. The lowest BCUT2D eigenvalue weighted by Crippen LogP contribution is -2.10. The molecule has 2 aromatic carbocycles. The lowest BCUT2D eigenvalue weighted by atomic mass is 10.2. The van der Waals surface area contributed by atoms with Crippen molar-refractivity contribution in [1.29, 1.82) is 0 Å². The van der Waals surface area contributed by atoms with Crippen molar-refractivity contribution in [2.45, 2.75) is 21.5 Å². The van der Waals surface area contributed by atoms with Gasteiger partial charge in [-0.05, 0) is 72.8 Å². The molecule has 0 spiro atoms. The molecule has 0 radical (unpaired) electrons. The molecule has 17 heteroatoms. The molecule has 0 aliphatic rings. The van der Waals surface area contributed by atoms with Gasteiger partial charge in [0.2, 0.25) is 28.4 Å². The Morgan fingerprint density at radius 2 is 1.20 bits per heavy atom. The lowest BCUT2D eigenvalue weighted by Gasteiger charge is -2.00. The number of hydrogen-bond donors (Lipinski definition) is 0. The van der Waals surface area contributed by atoms with Crippen LogP contribution in [0.2, 0.25) is 0 Å². The van der Waals surface area contributed by atoms with Gasteiger partial charge in [-0.25, -0.2) is 36.2 Å². The molecule has 0 aliphatic heterocycles. The average Bonchev–Trinajstić information content (AvgIpc) is 3.93. The van der Waals surface area contributed by atoms with Crippen LogP contribution in [0.5, 0.6) is 0 Å². The van der Waals surface area contributed by atoms with E-state index in [1.165, 1.54) is 40.1 Å². The summed E-state index contributed by atoms with van der Waals surface area (Å²) >= 11 is 2.32. The second-order valence-electron chi connectivity index (χ2n) is 11.0. The first kappa shape index (κ1) is 34.4. The van der Waals surface area contributed by atoms with E-state index < -0.39 is 20.6 Å². The Balaban J connectivity index is 0.000000159. The fourth-order valence-electron chi connectivity index (χ4n) is 4.80. The first-order valence-corrected chi connectivity index (χ1v) is 20.0. The summed E-state index contributed by atoms with van der Waals surface area (Å²) < 4.78 is 67.1. The molecule has 258 valence electrons. The number of benzene rings is 2. The van der Waals surface area contributed by atoms with Crippen molar-refractivity contribution >= 4 is 53.2 Å². The molecule has 0 aliphatic carbocycles. The fraction of sp³-hybridized carbons (Fsp3) is 0.118. The lowest BCUT2D eigenvalue weighted by molar-refractivity contribution is 0.592. The second kappa shape index (κ2) is 15.0. The average molecular weight is 761 g/mol. The molecule has 6 heterocycles. The molecule has 1 unspecified atom stereocenters. The van der Waals surface area contributed by atoms with Gasteiger partial charge in [0.15, 0.2) is 0 Å². The maximum Gasteiger partial charge on any atom is 0.232 e. The molecule has 0 saturated heterocycles. The van der Waals surface area contributed by atoms with Crippen molar-refractivity contribution in [3.05, 3.63) is 133 Å². The van der Waals surface area contributed by atoms with E-state index in [2.05, 4.69) is 30.1 Å². The molecule has 51 heavy (non-hydrogen) atoms. The molecular formula is C34H26F2N8O3S4. The van der Waals surface area contributed by atoms with Gasteiger partial charge in [-0.15, -0.1) is 10.2 Å². The highest BCUT2D eigenvalue weighted by molar-refractivity contribution is 7.93. The minimum absolute atomic E-state index is 0.0292. The van der Waals surface area contributed by atoms with Crippen LogP contribution >= 0.6 is 22.7 Å². The molecular weight excluding hydrogens is 735 g/mol. The van der Waals surface area contributed by atoms with Crippen LogP contribution in [0.25, 0.3) is 32.4 Å². The van der Waals surface area contributed by atoms with E-state index >= 15 is 0 Å². The van der Waals surface area contributed by atoms with Crippen LogP contribution in [0.3, 0.4) is 0 Å². The van der Waals surface area contributed by atoms with Crippen LogP contribution < -0.4 is 0 Å². The van der Waals surface area contributed by atoms with E-state index in [9.17, 15) is 21.4 Å². The Labute approximate surface area is 300 Å². The molecule has 8 rings (SSSR count). The van der Waals surface area contributed by atoms with Gasteiger partial charge in [-0.1, -0.05) is 34.8 Å².